The lowest BCUT2D eigenvalue weighted by atomic mass is 10.2. The average molecular weight is 237 g/mol. The van der Waals surface area contributed by atoms with E-state index in [-0.39, 0.29) is 12.1 Å². The second-order valence-electron chi connectivity index (χ2n) is 4.21. The van der Waals surface area contributed by atoms with Crippen molar-refractivity contribution in [3.05, 3.63) is 24.3 Å². The number of para-hydroxylation sites is 2. The Morgan fingerprint density at radius 1 is 1.35 bits per heavy atom. The molecule has 0 saturated carbocycles. The molecular weight excluding hydrogens is 218 g/mol. The predicted molar refractivity (Wildman–Crippen MR) is 65.7 cm³/mol. The molecule has 0 radical (unpaired) electrons. The second-order valence-corrected chi connectivity index (χ2v) is 4.21. The van der Waals surface area contributed by atoms with Crippen LogP contribution in [0.25, 0.3) is 0 Å². The van der Waals surface area contributed by atoms with E-state index in [2.05, 4.69) is 12.2 Å². The molecule has 0 amide bonds. The summed E-state index contributed by atoms with van der Waals surface area (Å²) in [4.78, 5) is 0. The minimum Gasteiger partial charge on any atom is -0.493 e. The maximum Gasteiger partial charge on any atom is 0.161 e. The lowest BCUT2D eigenvalue weighted by molar-refractivity contribution is 0.00435. The summed E-state index contributed by atoms with van der Waals surface area (Å²) in [6, 6.07) is 7.91. The highest BCUT2D eigenvalue weighted by Crippen LogP contribution is 2.25. The van der Waals surface area contributed by atoms with Crippen molar-refractivity contribution in [1.82, 2.24) is 5.32 Å². The molecule has 94 valence electrons. The van der Waals surface area contributed by atoms with Crippen molar-refractivity contribution in [2.45, 2.75) is 19.1 Å². The second kappa shape index (κ2) is 5.89. The van der Waals surface area contributed by atoms with Crippen LogP contribution >= 0.6 is 0 Å². The molecule has 0 aliphatic carbocycles. The SMILES string of the molecule is COc1ccccc1OCC1COC(C)CN1. The number of ether oxygens (including phenoxy) is 3. The summed E-state index contributed by atoms with van der Waals surface area (Å²) < 4.78 is 16.5. The van der Waals surface area contributed by atoms with Crippen LogP contribution in [0.3, 0.4) is 0 Å². The maximum absolute atomic E-state index is 5.74. The molecule has 2 unspecified atom stereocenters. The maximum atomic E-state index is 5.74. The predicted octanol–water partition coefficient (Wildman–Crippen LogP) is 1.45. The van der Waals surface area contributed by atoms with Crippen LogP contribution in [-0.4, -0.2) is 39.0 Å². The van der Waals surface area contributed by atoms with Gasteiger partial charge in [-0.1, -0.05) is 12.1 Å². The Morgan fingerprint density at radius 2 is 2.12 bits per heavy atom. The highest BCUT2D eigenvalue weighted by molar-refractivity contribution is 5.39. The topological polar surface area (TPSA) is 39.7 Å². The fourth-order valence-corrected chi connectivity index (χ4v) is 1.77. The summed E-state index contributed by atoms with van der Waals surface area (Å²) in [6.45, 7) is 4.22. The molecule has 2 rings (SSSR count). The molecule has 1 aliphatic heterocycles. The highest BCUT2D eigenvalue weighted by Gasteiger charge is 2.18. The van der Waals surface area contributed by atoms with E-state index >= 15 is 0 Å². The van der Waals surface area contributed by atoms with Crippen LogP contribution < -0.4 is 14.8 Å². The largest absolute Gasteiger partial charge is 0.493 e. The number of hydrogen-bond acceptors (Lipinski definition) is 4. The Bertz CT molecular complexity index is 348. The Hall–Kier alpha value is -1.26. The Labute approximate surface area is 102 Å². The third kappa shape index (κ3) is 3.35. The lowest BCUT2D eigenvalue weighted by Crippen LogP contribution is -2.48. The molecule has 1 aromatic carbocycles. The molecule has 1 saturated heterocycles. The van der Waals surface area contributed by atoms with Crippen LogP contribution in [0.5, 0.6) is 11.5 Å². The van der Waals surface area contributed by atoms with Crippen LogP contribution in [0.4, 0.5) is 0 Å². The molecule has 1 aliphatic rings. The van der Waals surface area contributed by atoms with E-state index in [1.165, 1.54) is 0 Å². The lowest BCUT2D eigenvalue weighted by Gasteiger charge is -2.28. The molecule has 0 bridgehead atoms. The normalized spacial score (nSPS) is 24.4. The van der Waals surface area contributed by atoms with Crippen molar-refractivity contribution in [3.8, 4) is 11.5 Å². The number of rotatable bonds is 4. The minimum absolute atomic E-state index is 0.246. The van der Waals surface area contributed by atoms with Gasteiger partial charge in [0, 0.05) is 6.54 Å². The van der Waals surface area contributed by atoms with Gasteiger partial charge in [0.25, 0.3) is 0 Å². The van der Waals surface area contributed by atoms with Gasteiger partial charge >= 0.3 is 0 Å². The van der Waals surface area contributed by atoms with Gasteiger partial charge in [-0.05, 0) is 19.1 Å². The summed E-state index contributed by atoms with van der Waals surface area (Å²) >= 11 is 0. The van der Waals surface area contributed by atoms with E-state index in [4.69, 9.17) is 14.2 Å². The van der Waals surface area contributed by atoms with Gasteiger partial charge < -0.3 is 19.5 Å². The standard InChI is InChI=1S/C13H19NO3/c1-10-7-14-11(8-16-10)9-17-13-6-4-3-5-12(13)15-2/h3-6,10-11,14H,7-9H2,1-2H3. The number of nitrogens with one attached hydrogen (secondary N) is 1. The molecule has 1 fully saturated rings. The van der Waals surface area contributed by atoms with Gasteiger partial charge in [0.1, 0.15) is 6.61 Å². The van der Waals surface area contributed by atoms with Crippen LogP contribution in [0.2, 0.25) is 0 Å². The van der Waals surface area contributed by atoms with Crippen LogP contribution in [0, 0.1) is 0 Å². The molecule has 1 heterocycles. The van der Waals surface area contributed by atoms with Gasteiger partial charge in [-0.3, -0.25) is 0 Å². The van der Waals surface area contributed by atoms with Crippen molar-refractivity contribution < 1.29 is 14.2 Å². The van der Waals surface area contributed by atoms with Gasteiger partial charge in [-0.2, -0.15) is 0 Å². The van der Waals surface area contributed by atoms with Crippen molar-refractivity contribution in [3.63, 3.8) is 0 Å². The number of morpholine rings is 1. The van der Waals surface area contributed by atoms with E-state index in [9.17, 15) is 0 Å². The zero-order valence-corrected chi connectivity index (χ0v) is 10.3. The summed E-state index contributed by atoms with van der Waals surface area (Å²) in [6.07, 6.45) is 0.289. The Kier molecular flexibility index (Phi) is 4.23. The van der Waals surface area contributed by atoms with Crippen LogP contribution in [-0.2, 0) is 4.74 Å². The number of benzene rings is 1. The van der Waals surface area contributed by atoms with Gasteiger partial charge in [0.15, 0.2) is 11.5 Å². The van der Waals surface area contributed by atoms with Crippen molar-refractivity contribution in [1.29, 1.82) is 0 Å². The molecular formula is C13H19NO3. The highest BCUT2D eigenvalue weighted by atomic mass is 16.5. The summed E-state index contributed by atoms with van der Waals surface area (Å²) in [5.41, 5.74) is 0. The molecule has 0 aromatic heterocycles. The summed E-state index contributed by atoms with van der Waals surface area (Å²) in [5, 5.41) is 3.39. The monoisotopic (exact) mass is 237 g/mol. The number of methoxy groups -OCH3 is 1. The smallest absolute Gasteiger partial charge is 0.161 e. The van der Waals surface area contributed by atoms with Gasteiger partial charge in [-0.25, -0.2) is 0 Å². The molecule has 0 spiro atoms. The van der Waals surface area contributed by atoms with E-state index in [1.54, 1.807) is 7.11 Å². The van der Waals surface area contributed by atoms with Crippen molar-refractivity contribution >= 4 is 0 Å². The van der Waals surface area contributed by atoms with Gasteiger partial charge in [-0.15, -0.1) is 0 Å². The quantitative estimate of drug-likeness (QED) is 0.860. The van der Waals surface area contributed by atoms with Gasteiger partial charge in [0.2, 0.25) is 0 Å². The van der Waals surface area contributed by atoms with E-state index in [0.29, 0.717) is 13.2 Å². The average Bonchev–Trinajstić information content (AvgIpc) is 2.38. The molecule has 4 nitrogen and oxygen atoms in total. The zero-order chi connectivity index (χ0) is 12.1. The number of hydrogen-bond donors (Lipinski definition) is 1. The first-order chi connectivity index (χ1) is 8.29. The zero-order valence-electron chi connectivity index (χ0n) is 10.3. The fourth-order valence-electron chi connectivity index (χ4n) is 1.77. The summed E-state index contributed by atoms with van der Waals surface area (Å²) in [5.74, 6) is 1.54. The molecule has 17 heavy (non-hydrogen) atoms. The minimum atomic E-state index is 0.246. The van der Waals surface area contributed by atoms with Crippen LogP contribution in [0.1, 0.15) is 6.92 Å². The van der Waals surface area contributed by atoms with Crippen molar-refractivity contribution in [2.24, 2.45) is 0 Å². The van der Waals surface area contributed by atoms with Crippen molar-refractivity contribution in [2.75, 3.05) is 26.9 Å². The summed E-state index contributed by atoms with van der Waals surface area (Å²) in [7, 11) is 1.64. The van der Waals surface area contributed by atoms with Gasteiger partial charge in [0.05, 0.1) is 25.9 Å². The third-order valence-corrected chi connectivity index (χ3v) is 2.79. The Morgan fingerprint density at radius 3 is 2.76 bits per heavy atom. The fraction of sp³-hybridized carbons (Fsp3) is 0.538. The molecule has 4 heteroatoms. The molecule has 1 aromatic rings. The Balaban J connectivity index is 1.85. The third-order valence-electron chi connectivity index (χ3n) is 2.79. The molecule has 2 atom stereocenters. The molecule has 1 N–H and O–H groups in total. The van der Waals surface area contributed by atoms with E-state index < -0.39 is 0 Å². The van der Waals surface area contributed by atoms with E-state index in [1.807, 2.05) is 24.3 Å². The first-order valence-corrected chi connectivity index (χ1v) is 5.90. The van der Waals surface area contributed by atoms with Crippen LogP contribution in [0.15, 0.2) is 24.3 Å². The van der Waals surface area contributed by atoms with E-state index in [0.717, 1.165) is 18.0 Å². The first-order valence-electron chi connectivity index (χ1n) is 5.90. The first kappa shape index (κ1) is 12.2.